The molecule has 0 fully saturated rings. The molecule has 0 aromatic heterocycles. The van der Waals surface area contributed by atoms with Crippen LogP contribution in [0.3, 0.4) is 0 Å². The number of fused-ring (bicyclic) bond motifs is 1. The van der Waals surface area contributed by atoms with Crippen molar-refractivity contribution in [2.24, 2.45) is 0 Å². The van der Waals surface area contributed by atoms with Gasteiger partial charge < -0.3 is 39.1 Å². The predicted octanol–water partition coefficient (Wildman–Crippen LogP) is -0.725. The summed E-state index contributed by atoms with van der Waals surface area (Å²) in [7, 11) is 1.24. The number of ether oxygens (including phenoxy) is 6. The molecule has 1 aliphatic heterocycles. The number of nitrogens with one attached hydrogen (secondary N) is 2. The van der Waals surface area contributed by atoms with E-state index < -0.39 is 5.97 Å². The second kappa shape index (κ2) is 13.2. The van der Waals surface area contributed by atoms with Crippen LogP contribution in [-0.2, 0) is 28.6 Å². The van der Waals surface area contributed by atoms with E-state index in [1.54, 1.807) is 18.2 Å². The maximum atomic E-state index is 12.0. The van der Waals surface area contributed by atoms with Crippen LogP contribution in [0, 0.1) is 0 Å². The largest absolute Gasteiger partial charge is 0.480 e. The van der Waals surface area contributed by atoms with Crippen molar-refractivity contribution in [2.75, 3.05) is 66.4 Å². The van der Waals surface area contributed by atoms with Crippen molar-refractivity contribution in [1.29, 1.82) is 0 Å². The Kier molecular flexibility index (Phi) is 10.2. The maximum absolute atomic E-state index is 12.0. The molecule has 166 valence electrons. The summed E-state index contributed by atoms with van der Waals surface area (Å²) in [6.07, 6.45) is 0. The van der Waals surface area contributed by atoms with Crippen molar-refractivity contribution >= 4 is 17.8 Å². The summed E-state index contributed by atoms with van der Waals surface area (Å²) >= 11 is 0. The number of methoxy groups -OCH3 is 1. The SMILES string of the molecule is COC(=O)COc1cccc2c1OCC(=O)NCCOCCOCCNC(=O)CO2. The van der Waals surface area contributed by atoms with Gasteiger partial charge in [0.25, 0.3) is 11.8 Å². The minimum Gasteiger partial charge on any atom is -0.480 e. The molecule has 0 aliphatic carbocycles. The van der Waals surface area contributed by atoms with E-state index in [9.17, 15) is 14.4 Å². The molecule has 0 atom stereocenters. The van der Waals surface area contributed by atoms with Crippen LogP contribution in [0.2, 0.25) is 0 Å². The monoisotopic (exact) mass is 426 g/mol. The van der Waals surface area contributed by atoms with Gasteiger partial charge in [-0.25, -0.2) is 4.79 Å². The molecule has 0 saturated carbocycles. The molecule has 11 nitrogen and oxygen atoms in total. The van der Waals surface area contributed by atoms with E-state index >= 15 is 0 Å². The van der Waals surface area contributed by atoms with Gasteiger partial charge >= 0.3 is 5.97 Å². The lowest BCUT2D eigenvalue weighted by atomic mass is 10.3. The molecule has 0 radical (unpaired) electrons. The molecule has 0 saturated heterocycles. The van der Waals surface area contributed by atoms with Crippen LogP contribution in [0.4, 0.5) is 0 Å². The van der Waals surface area contributed by atoms with E-state index in [-0.39, 0.29) is 48.9 Å². The van der Waals surface area contributed by atoms with Crippen LogP contribution in [0.15, 0.2) is 18.2 Å². The van der Waals surface area contributed by atoms with E-state index in [2.05, 4.69) is 15.4 Å². The number of carbonyl (C=O) groups is 3. The number of para-hydroxylation sites is 1. The third kappa shape index (κ3) is 8.53. The fraction of sp³-hybridized carbons (Fsp3) is 0.526. The molecule has 0 spiro atoms. The highest BCUT2D eigenvalue weighted by atomic mass is 16.6. The molecule has 2 amide bonds. The van der Waals surface area contributed by atoms with Crippen molar-refractivity contribution in [2.45, 2.75) is 0 Å². The normalized spacial score (nSPS) is 17.0. The Hall–Kier alpha value is -3.05. The highest BCUT2D eigenvalue weighted by Gasteiger charge is 2.17. The number of hydrogen-bond acceptors (Lipinski definition) is 9. The minimum absolute atomic E-state index is 0.0880. The molecule has 0 unspecified atom stereocenters. The van der Waals surface area contributed by atoms with Crippen molar-refractivity contribution in [3.63, 3.8) is 0 Å². The lowest BCUT2D eigenvalue weighted by molar-refractivity contribution is -0.143. The number of benzene rings is 1. The van der Waals surface area contributed by atoms with Crippen molar-refractivity contribution in [3.05, 3.63) is 18.2 Å². The molecule has 2 rings (SSSR count). The van der Waals surface area contributed by atoms with Crippen LogP contribution in [0.25, 0.3) is 0 Å². The fourth-order valence-electron chi connectivity index (χ4n) is 2.29. The number of carbonyl (C=O) groups excluding carboxylic acids is 3. The van der Waals surface area contributed by atoms with E-state index in [0.29, 0.717) is 39.5 Å². The molecule has 0 bridgehead atoms. The van der Waals surface area contributed by atoms with Crippen molar-refractivity contribution in [1.82, 2.24) is 10.6 Å². The van der Waals surface area contributed by atoms with Gasteiger partial charge in [-0.2, -0.15) is 0 Å². The lowest BCUT2D eigenvalue weighted by Gasteiger charge is -2.17. The highest BCUT2D eigenvalue weighted by Crippen LogP contribution is 2.37. The first-order chi connectivity index (χ1) is 14.6. The van der Waals surface area contributed by atoms with Crippen LogP contribution in [-0.4, -0.2) is 84.2 Å². The van der Waals surface area contributed by atoms with Gasteiger partial charge in [-0.05, 0) is 12.1 Å². The van der Waals surface area contributed by atoms with E-state index in [0.717, 1.165) is 0 Å². The Morgan fingerprint density at radius 1 is 0.967 bits per heavy atom. The van der Waals surface area contributed by atoms with Gasteiger partial charge in [0.2, 0.25) is 5.75 Å². The molecule has 11 heteroatoms. The first kappa shape index (κ1) is 23.2. The van der Waals surface area contributed by atoms with Gasteiger partial charge in [-0.15, -0.1) is 0 Å². The Bertz CT molecular complexity index is 711. The average Bonchev–Trinajstić information content (AvgIpc) is 2.75. The summed E-state index contributed by atoms with van der Waals surface area (Å²) < 4.78 is 31.7. The summed E-state index contributed by atoms with van der Waals surface area (Å²) in [5.41, 5.74) is 0. The Labute approximate surface area is 173 Å². The average molecular weight is 426 g/mol. The van der Waals surface area contributed by atoms with Gasteiger partial charge in [-0.3, -0.25) is 9.59 Å². The molecular formula is C19H26N2O9. The molecule has 1 heterocycles. The Morgan fingerprint density at radius 2 is 1.60 bits per heavy atom. The second-order valence-electron chi connectivity index (χ2n) is 5.95. The van der Waals surface area contributed by atoms with E-state index in [4.69, 9.17) is 23.7 Å². The smallest absolute Gasteiger partial charge is 0.343 e. The van der Waals surface area contributed by atoms with E-state index in [1.165, 1.54) is 7.11 Å². The number of amides is 2. The summed E-state index contributed by atoms with van der Waals surface area (Å²) in [5, 5.41) is 5.31. The van der Waals surface area contributed by atoms with Gasteiger partial charge in [0.05, 0.1) is 33.5 Å². The zero-order valence-electron chi connectivity index (χ0n) is 16.8. The van der Waals surface area contributed by atoms with Crippen LogP contribution in [0.5, 0.6) is 17.2 Å². The summed E-state index contributed by atoms with van der Waals surface area (Å²) in [6.45, 7) is 1.06. The number of esters is 1. The minimum atomic E-state index is -0.590. The van der Waals surface area contributed by atoms with Crippen LogP contribution >= 0.6 is 0 Å². The summed E-state index contributed by atoms with van der Waals surface area (Å²) in [4.78, 5) is 35.4. The van der Waals surface area contributed by atoms with Crippen molar-refractivity contribution < 1.29 is 42.8 Å². The maximum Gasteiger partial charge on any atom is 0.343 e. The lowest BCUT2D eigenvalue weighted by Crippen LogP contribution is -2.33. The van der Waals surface area contributed by atoms with Gasteiger partial charge in [0.15, 0.2) is 31.3 Å². The standard InChI is InChI=1S/C19H26N2O9/c1-25-18(24)13-29-15-4-2-3-14-19(15)30-12-17(23)21-6-8-27-10-9-26-7-5-20-16(22)11-28-14/h2-4H,5-13H2,1H3,(H,20,22)(H,21,23). The topological polar surface area (TPSA) is 131 Å². The van der Waals surface area contributed by atoms with E-state index in [1.807, 2.05) is 0 Å². The molecular weight excluding hydrogens is 400 g/mol. The second-order valence-corrected chi connectivity index (χ2v) is 5.95. The Morgan fingerprint density at radius 3 is 2.23 bits per heavy atom. The first-order valence-electron chi connectivity index (χ1n) is 9.37. The van der Waals surface area contributed by atoms with Crippen LogP contribution in [0.1, 0.15) is 0 Å². The summed E-state index contributed by atoms with van der Waals surface area (Å²) in [5.74, 6) is -0.903. The third-order valence-electron chi connectivity index (χ3n) is 3.73. The fourth-order valence-corrected chi connectivity index (χ4v) is 2.29. The third-order valence-corrected chi connectivity index (χ3v) is 3.73. The molecule has 1 aliphatic rings. The Balaban J connectivity index is 2.11. The number of hydrogen-bond donors (Lipinski definition) is 2. The summed E-state index contributed by atoms with van der Waals surface area (Å²) in [6, 6.07) is 4.70. The van der Waals surface area contributed by atoms with Gasteiger partial charge in [-0.1, -0.05) is 6.07 Å². The van der Waals surface area contributed by atoms with Gasteiger partial charge in [0, 0.05) is 13.1 Å². The number of rotatable bonds is 3. The highest BCUT2D eigenvalue weighted by molar-refractivity contribution is 5.78. The zero-order chi connectivity index (χ0) is 21.6. The molecule has 30 heavy (non-hydrogen) atoms. The predicted molar refractivity (Wildman–Crippen MR) is 103 cm³/mol. The van der Waals surface area contributed by atoms with Gasteiger partial charge in [0.1, 0.15) is 0 Å². The van der Waals surface area contributed by atoms with Crippen molar-refractivity contribution in [3.8, 4) is 17.2 Å². The molecule has 1 aromatic carbocycles. The van der Waals surface area contributed by atoms with Crippen LogP contribution < -0.4 is 24.8 Å². The molecule has 2 N–H and O–H groups in total. The zero-order valence-corrected chi connectivity index (χ0v) is 16.8. The quantitative estimate of drug-likeness (QED) is 0.601. The molecule has 1 aromatic rings. The first-order valence-corrected chi connectivity index (χ1v) is 9.37.